The maximum Gasteiger partial charge on any atom is 0.407 e. The molecule has 0 aliphatic rings. The van der Waals surface area contributed by atoms with Crippen molar-refractivity contribution in [3.05, 3.63) is 72.6 Å². The SMILES string of the molecule is COC(=O)N[C@H](C(=O)N[C@@H](c1ncc(-c2ccc(-c3ccc(-c4cnc([C@H](NC(=O)[C@@H](NC(=O)OC)[C@@H](C)OC)C(C)C)[nH]4)cc3)cc2)[nH]1)C(C)C)[C@@H](C)OC. The Morgan fingerprint density at radius 2 is 0.839 bits per heavy atom. The van der Waals surface area contributed by atoms with Gasteiger partial charge in [0.05, 0.1) is 62.3 Å². The van der Waals surface area contributed by atoms with Gasteiger partial charge >= 0.3 is 12.2 Å². The highest BCUT2D eigenvalue weighted by Gasteiger charge is 2.33. The number of imidazole rings is 2. The number of carbonyl (C=O) groups is 4. The molecular weight excluding hydrogens is 720 g/mol. The van der Waals surface area contributed by atoms with E-state index in [1.165, 1.54) is 28.4 Å². The minimum Gasteiger partial charge on any atom is -0.453 e. The molecule has 56 heavy (non-hydrogen) atoms. The van der Waals surface area contributed by atoms with Crippen LogP contribution in [0, 0.1) is 11.8 Å². The van der Waals surface area contributed by atoms with Gasteiger partial charge in [-0.25, -0.2) is 19.6 Å². The predicted molar refractivity (Wildman–Crippen MR) is 210 cm³/mol. The van der Waals surface area contributed by atoms with E-state index in [2.05, 4.69) is 41.2 Å². The molecule has 0 bridgehead atoms. The Hall–Kier alpha value is -5.74. The molecular formula is C40H54N8O8. The molecule has 2 heterocycles. The van der Waals surface area contributed by atoms with Gasteiger partial charge in [-0.2, -0.15) is 0 Å². The fourth-order valence-corrected chi connectivity index (χ4v) is 5.99. The van der Waals surface area contributed by atoms with Crippen molar-refractivity contribution in [2.45, 2.75) is 77.9 Å². The zero-order chi connectivity index (χ0) is 41.1. The summed E-state index contributed by atoms with van der Waals surface area (Å²) in [4.78, 5) is 66.2. The lowest BCUT2D eigenvalue weighted by Crippen LogP contribution is -2.54. The number of ether oxygens (including phenoxy) is 4. The molecule has 6 N–H and O–H groups in total. The summed E-state index contributed by atoms with van der Waals surface area (Å²) >= 11 is 0. The monoisotopic (exact) mass is 774 g/mol. The second kappa shape index (κ2) is 19.7. The smallest absolute Gasteiger partial charge is 0.407 e. The van der Waals surface area contributed by atoms with Crippen LogP contribution in [-0.2, 0) is 28.5 Å². The van der Waals surface area contributed by atoms with E-state index in [0.717, 1.165) is 33.6 Å². The number of aromatic nitrogens is 4. The lowest BCUT2D eigenvalue weighted by Gasteiger charge is -2.27. The van der Waals surface area contributed by atoms with Gasteiger partial charge in [0, 0.05) is 14.2 Å². The lowest BCUT2D eigenvalue weighted by molar-refractivity contribution is -0.128. The number of hydrogen-bond donors (Lipinski definition) is 6. The fourth-order valence-electron chi connectivity index (χ4n) is 5.99. The fraction of sp³-hybridized carbons (Fsp3) is 0.450. The molecule has 2 aromatic heterocycles. The first-order chi connectivity index (χ1) is 26.7. The van der Waals surface area contributed by atoms with Crippen molar-refractivity contribution in [1.82, 2.24) is 41.2 Å². The van der Waals surface area contributed by atoms with Crippen LogP contribution in [0.25, 0.3) is 33.6 Å². The van der Waals surface area contributed by atoms with Gasteiger partial charge in [0.2, 0.25) is 11.8 Å². The average molecular weight is 775 g/mol. The second-order valence-corrected chi connectivity index (χ2v) is 14.1. The van der Waals surface area contributed by atoms with Crippen LogP contribution in [-0.4, -0.2) is 96.7 Å². The van der Waals surface area contributed by atoms with E-state index in [0.29, 0.717) is 11.6 Å². The van der Waals surface area contributed by atoms with E-state index in [4.69, 9.17) is 18.9 Å². The van der Waals surface area contributed by atoms with Crippen molar-refractivity contribution in [2.75, 3.05) is 28.4 Å². The topological polar surface area (TPSA) is 211 Å². The highest BCUT2D eigenvalue weighted by Crippen LogP contribution is 2.29. The summed E-state index contributed by atoms with van der Waals surface area (Å²) in [6, 6.07) is 13.2. The molecule has 6 atom stereocenters. The Morgan fingerprint density at radius 3 is 1.12 bits per heavy atom. The third kappa shape index (κ3) is 10.7. The number of benzene rings is 2. The molecule has 0 radical (unpaired) electrons. The van der Waals surface area contributed by atoms with E-state index in [1.54, 1.807) is 26.2 Å². The van der Waals surface area contributed by atoms with Gasteiger partial charge in [0.15, 0.2) is 0 Å². The van der Waals surface area contributed by atoms with Crippen LogP contribution in [0.2, 0.25) is 0 Å². The number of nitrogens with one attached hydrogen (secondary N) is 6. The summed E-state index contributed by atoms with van der Waals surface area (Å²) in [5.41, 5.74) is 5.42. The highest BCUT2D eigenvalue weighted by molar-refractivity contribution is 5.87. The van der Waals surface area contributed by atoms with Crippen LogP contribution in [0.3, 0.4) is 0 Å². The zero-order valence-corrected chi connectivity index (χ0v) is 33.6. The quantitative estimate of drug-likeness (QED) is 0.0818. The first kappa shape index (κ1) is 43.0. The number of rotatable bonds is 17. The summed E-state index contributed by atoms with van der Waals surface area (Å²) in [6.45, 7) is 11.3. The minimum absolute atomic E-state index is 0.0228. The summed E-state index contributed by atoms with van der Waals surface area (Å²) in [7, 11) is 5.39. The Labute approximate surface area is 327 Å². The number of alkyl carbamates (subject to hydrolysis) is 2. The van der Waals surface area contributed by atoms with Gasteiger partial charge in [-0.1, -0.05) is 76.2 Å². The summed E-state index contributed by atoms with van der Waals surface area (Å²) in [6.07, 6.45) is 0.788. The van der Waals surface area contributed by atoms with Crippen molar-refractivity contribution in [3.8, 4) is 33.6 Å². The van der Waals surface area contributed by atoms with Crippen LogP contribution in [0.4, 0.5) is 9.59 Å². The molecule has 0 saturated heterocycles. The standard InChI is InChI=1S/C40H54N8O8/c1-21(2)31(45-37(49)33(23(5)53-7)47-39(51)55-9)35-41-19-29(43-35)27-15-11-25(12-16-27)26-13-17-28(18-14-26)30-20-42-36(44-30)32(22(3)4)46-38(50)34(24(6)54-8)48-40(52)56-10/h11-24,31-34H,1-10H3,(H,41,43)(H,42,44)(H,45,49)(H,46,50)(H,47,51)(H,48,52)/t23-,24-,31-,32-,33+,34+/m1/s1. The number of nitrogens with zero attached hydrogens (tertiary/aromatic N) is 2. The number of H-pyrrole nitrogens is 2. The molecule has 0 fully saturated rings. The van der Waals surface area contributed by atoms with Crippen molar-refractivity contribution in [2.24, 2.45) is 11.8 Å². The van der Waals surface area contributed by atoms with E-state index < -0.39 is 60.4 Å². The molecule has 0 spiro atoms. The van der Waals surface area contributed by atoms with Crippen LogP contribution in [0.1, 0.15) is 65.3 Å². The third-order valence-electron chi connectivity index (χ3n) is 9.60. The Balaban J connectivity index is 1.45. The van der Waals surface area contributed by atoms with E-state index in [-0.39, 0.29) is 11.8 Å². The largest absolute Gasteiger partial charge is 0.453 e. The minimum atomic E-state index is -0.971. The van der Waals surface area contributed by atoms with Gasteiger partial charge in [-0.15, -0.1) is 0 Å². The molecule has 4 rings (SSSR count). The van der Waals surface area contributed by atoms with Crippen LogP contribution in [0.15, 0.2) is 60.9 Å². The van der Waals surface area contributed by atoms with Crippen LogP contribution >= 0.6 is 0 Å². The second-order valence-electron chi connectivity index (χ2n) is 14.1. The van der Waals surface area contributed by atoms with Crippen molar-refractivity contribution in [3.63, 3.8) is 0 Å². The molecule has 302 valence electrons. The number of amides is 4. The maximum atomic E-state index is 13.3. The normalized spacial score (nSPS) is 14.6. The molecule has 0 unspecified atom stereocenters. The molecule has 2 aromatic carbocycles. The van der Waals surface area contributed by atoms with E-state index in [9.17, 15) is 19.2 Å². The van der Waals surface area contributed by atoms with Crippen LogP contribution < -0.4 is 21.3 Å². The van der Waals surface area contributed by atoms with E-state index >= 15 is 0 Å². The highest BCUT2D eigenvalue weighted by atomic mass is 16.5. The van der Waals surface area contributed by atoms with E-state index in [1.807, 2.05) is 76.2 Å². The van der Waals surface area contributed by atoms with Gasteiger partial charge in [0.1, 0.15) is 23.7 Å². The zero-order valence-electron chi connectivity index (χ0n) is 33.6. The molecule has 16 heteroatoms. The van der Waals surface area contributed by atoms with Gasteiger partial charge < -0.3 is 50.2 Å². The number of aromatic amines is 2. The molecule has 0 saturated carbocycles. The van der Waals surface area contributed by atoms with Crippen molar-refractivity contribution in [1.29, 1.82) is 0 Å². The Kier molecular flexibility index (Phi) is 15.1. The maximum absolute atomic E-state index is 13.3. The average Bonchev–Trinajstić information content (AvgIpc) is 3.90. The molecule has 0 aliphatic heterocycles. The lowest BCUT2D eigenvalue weighted by atomic mass is 10.0. The summed E-state index contributed by atoms with van der Waals surface area (Å²) in [5.74, 6) is 0.261. The molecule has 4 aromatic rings. The molecule has 16 nitrogen and oxygen atoms in total. The number of carbonyl (C=O) groups excluding carboxylic acids is 4. The third-order valence-corrected chi connectivity index (χ3v) is 9.60. The van der Waals surface area contributed by atoms with Crippen molar-refractivity contribution >= 4 is 24.0 Å². The van der Waals surface area contributed by atoms with Gasteiger partial charge in [0.25, 0.3) is 0 Å². The number of hydrogen-bond acceptors (Lipinski definition) is 10. The summed E-state index contributed by atoms with van der Waals surface area (Å²) < 4.78 is 20.0. The van der Waals surface area contributed by atoms with Gasteiger partial charge in [-0.05, 0) is 47.9 Å². The number of methoxy groups -OCH3 is 4. The van der Waals surface area contributed by atoms with Gasteiger partial charge in [-0.3, -0.25) is 9.59 Å². The Bertz CT molecular complexity index is 1770. The van der Waals surface area contributed by atoms with Crippen molar-refractivity contribution < 1.29 is 38.1 Å². The first-order valence-corrected chi connectivity index (χ1v) is 18.4. The summed E-state index contributed by atoms with van der Waals surface area (Å²) in [5, 5.41) is 11.1. The molecule has 0 aliphatic carbocycles. The van der Waals surface area contributed by atoms with Crippen LogP contribution in [0.5, 0.6) is 0 Å². The molecule has 4 amide bonds. The Morgan fingerprint density at radius 1 is 0.518 bits per heavy atom. The predicted octanol–water partition coefficient (Wildman–Crippen LogP) is 5.28. The first-order valence-electron chi connectivity index (χ1n) is 18.4.